The van der Waals surface area contributed by atoms with Gasteiger partial charge in [0.05, 0.1) is 18.3 Å². The fraction of sp³-hybridized carbons (Fsp3) is 0.476. The fourth-order valence-electron chi connectivity index (χ4n) is 3.94. The number of hydrogen-bond acceptors (Lipinski definition) is 5. The van der Waals surface area contributed by atoms with Gasteiger partial charge in [0.25, 0.3) is 0 Å². The van der Waals surface area contributed by atoms with Crippen LogP contribution in [0, 0.1) is 23.4 Å². The van der Waals surface area contributed by atoms with Crippen LogP contribution in [0.5, 0.6) is 0 Å². The van der Waals surface area contributed by atoms with E-state index in [4.69, 9.17) is 0 Å². The largest absolute Gasteiger partial charge is 0.339 e. The van der Waals surface area contributed by atoms with Crippen LogP contribution in [0.15, 0.2) is 34.1 Å². The summed E-state index contributed by atoms with van der Waals surface area (Å²) in [5, 5.41) is 10.4. The molecule has 0 bridgehead atoms. The second-order valence-corrected chi connectivity index (χ2v) is 7.64. The Morgan fingerprint density at radius 2 is 1.90 bits per heavy atom. The number of Topliss-reactive ketones (excluding diaryl/α,β-unsaturated/α-hetero) is 1. The van der Waals surface area contributed by atoms with E-state index in [9.17, 15) is 27.6 Å². The number of amides is 2. The van der Waals surface area contributed by atoms with Crippen molar-refractivity contribution >= 4 is 17.6 Å². The minimum Gasteiger partial charge on any atom is -0.339 e. The predicted molar refractivity (Wildman–Crippen MR) is 104 cm³/mol. The van der Waals surface area contributed by atoms with E-state index < -0.39 is 47.3 Å². The van der Waals surface area contributed by atoms with Gasteiger partial charge >= 0.3 is 11.8 Å². The van der Waals surface area contributed by atoms with Gasteiger partial charge in [0.15, 0.2) is 17.5 Å². The summed E-state index contributed by atoms with van der Waals surface area (Å²) in [7, 11) is 0. The standard InChI is InChI=1S/C21H23F3N4O3/c1-3-16(17-4-6-25-27-17)26-20(30)21(31)28-7-5-13(11(28)2)18(29)10-12-8-14(22)19(24)15(23)9-12/h4,8-9,11,13,16H,3,5-7,10H2,1-2H3,(H,26,30)/t11-,13-,16?/m0/s1. The van der Waals surface area contributed by atoms with Crippen LogP contribution < -0.4 is 5.32 Å². The van der Waals surface area contributed by atoms with Crippen LogP contribution in [0.4, 0.5) is 13.2 Å². The first-order valence-corrected chi connectivity index (χ1v) is 10.1. The molecule has 31 heavy (non-hydrogen) atoms. The zero-order valence-corrected chi connectivity index (χ0v) is 17.2. The molecule has 1 saturated heterocycles. The molecule has 2 aliphatic rings. The molecule has 2 aliphatic heterocycles. The molecule has 3 atom stereocenters. The molecule has 0 radical (unpaired) electrons. The van der Waals surface area contributed by atoms with E-state index >= 15 is 0 Å². The van der Waals surface area contributed by atoms with Crippen molar-refractivity contribution in [3.8, 4) is 0 Å². The van der Waals surface area contributed by atoms with Gasteiger partial charge in [-0.25, -0.2) is 13.2 Å². The highest BCUT2D eigenvalue weighted by Gasteiger charge is 2.40. The molecule has 166 valence electrons. The van der Waals surface area contributed by atoms with Crippen molar-refractivity contribution in [3.63, 3.8) is 0 Å². The highest BCUT2D eigenvalue weighted by molar-refractivity contribution is 6.35. The van der Waals surface area contributed by atoms with Crippen molar-refractivity contribution in [1.82, 2.24) is 10.2 Å². The summed E-state index contributed by atoms with van der Waals surface area (Å²) in [5.41, 5.74) is 0.617. The van der Waals surface area contributed by atoms with Crippen molar-refractivity contribution in [2.45, 2.75) is 45.2 Å². The molecule has 1 N–H and O–H groups in total. The Morgan fingerprint density at radius 1 is 1.23 bits per heavy atom. The average Bonchev–Trinajstić information content (AvgIpc) is 3.39. The van der Waals surface area contributed by atoms with Gasteiger partial charge in [-0.3, -0.25) is 14.4 Å². The number of rotatable bonds is 6. The van der Waals surface area contributed by atoms with Crippen LogP contribution in [0.3, 0.4) is 0 Å². The van der Waals surface area contributed by atoms with Gasteiger partial charge in [-0.1, -0.05) is 6.92 Å². The van der Waals surface area contributed by atoms with E-state index in [1.54, 1.807) is 13.0 Å². The van der Waals surface area contributed by atoms with Crippen molar-refractivity contribution in [1.29, 1.82) is 0 Å². The number of carbonyl (C=O) groups is 3. The second-order valence-electron chi connectivity index (χ2n) is 7.64. The number of hydrogen-bond donors (Lipinski definition) is 1. The number of azo groups is 1. The van der Waals surface area contributed by atoms with E-state index in [0.29, 0.717) is 25.1 Å². The topological polar surface area (TPSA) is 91.2 Å². The third-order valence-electron chi connectivity index (χ3n) is 5.68. The molecule has 1 aromatic carbocycles. The Labute approximate surface area is 177 Å². The molecular formula is C21H23F3N4O3. The van der Waals surface area contributed by atoms with Crippen LogP contribution in [0.2, 0.25) is 0 Å². The lowest BCUT2D eigenvalue weighted by Crippen LogP contribution is -2.48. The zero-order valence-electron chi connectivity index (χ0n) is 17.2. The predicted octanol–water partition coefficient (Wildman–Crippen LogP) is 2.70. The maximum Gasteiger partial charge on any atom is 0.312 e. The van der Waals surface area contributed by atoms with Gasteiger partial charge in [0, 0.05) is 24.9 Å². The number of nitrogens with zero attached hydrogens (tertiary/aromatic N) is 3. The van der Waals surface area contributed by atoms with E-state index in [0.717, 1.165) is 12.1 Å². The normalized spacial score (nSPS) is 21.2. The summed E-state index contributed by atoms with van der Waals surface area (Å²) in [4.78, 5) is 39.1. The Hall–Kier alpha value is -3.04. The minimum absolute atomic E-state index is 0.0147. The highest BCUT2D eigenvalue weighted by Crippen LogP contribution is 2.27. The molecule has 0 aliphatic carbocycles. The van der Waals surface area contributed by atoms with Gasteiger partial charge in [-0.15, -0.1) is 0 Å². The maximum atomic E-state index is 13.4. The van der Waals surface area contributed by atoms with Crippen molar-refractivity contribution in [3.05, 3.63) is 46.9 Å². The van der Waals surface area contributed by atoms with Gasteiger partial charge in [-0.05, 0) is 43.5 Å². The zero-order chi connectivity index (χ0) is 22.7. The smallest absolute Gasteiger partial charge is 0.312 e. The van der Waals surface area contributed by atoms with Gasteiger partial charge < -0.3 is 10.2 Å². The van der Waals surface area contributed by atoms with Gasteiger partial charge in [0.1, 0.15) is 5.78 Å². The lowest BCUT2D eigenvalue weighted by molar-refractivity contribution is -0.147. The summed E-state index contributed by atoms with van der Waals surface area (Å²) in [6.07, 6.45) is 2.33. The molecule has 3 rings (SSSR count). The lowest BCUT2D eigenvalue weighted by Gasteiger charge is -2.25. The maximum absolute atomic E-state index is 13.4. The molecule has 10 heteroatoms. The molecule has 1 fully saturated rings. The van der Waals surface area contributed by atoms with Crippen molar-refractivity contribution in [2.24, 2.45) is 16.1 Å². The van der Waals surface area contributed by atoms with Crippen LogP contribution in [-0.2, 0) is 20.8 Å². The summed E-state index contributed by atoms with van der Waals surface area (Å²) in [6, 6.07) is 0.575. The first kappa shape index (κ1) is 22.6. The average molecular weight is 436 g/mol. The van der Waals surface area contributed by atoms with E-state index in [1.165, 1.54) is 4.90 Å². The number of halogens is 3. The monoisotopic (exact) mass is 436 g/mol. The summed E-state index contributed by atoms with van der Waals surface area (Å²) in [5.74, 6) is -6.80. The van der Waals surface area contributed by atoms with Crippen LogP contribution in [-0.4, -0.2) is 47.7 Å². The minimum atomic E-state index is -1.59. The quantitative estimate of drug-likeness (QED) is 0.549. The van der Waals surface area contributed by atoms with Crippen LogP contribution in [0.1, 0.15) is 32.3 Å². The summed E-state index contributed by atoms with van der Waals surface area (Å²) in [6.45, 7) is 4.13. The molecule has 1 unspecified atom stereocenters. The molecule has 2 heterocycles. The number of nitrogens with one attached hydrogen (secondary N) is 1. The van der Waals surface area contributed by atoms with Crippen LogP contribution >= 0.6 is 0 Å². The Bertz CT molecular complexity index is 940. The fourth-order valence-corrected chi connectivity index (χ4v) is 3.94. The van der Waals surface area contributed by atoms with E-state index in [-0.39, 0.29) is 24.3 Å². The number of benzene rings is 1. The first-order valence-electron chi connectivity index (χ1n) is 10.1. The third kappa shape index (κ3) is 4.83. The summed E-state index contributed by atoms with van der Waals surface area (Å²) < 4.78 is 39.9. The Kier molecular flexibility index (Phi) is 6.87. The van der Waals surface area contributed by atoms with E-state index in [1.807, 2.05) is 6.92 Å². The highest BCUT2D eigenvalue weighted by atomic mass is 19.2. The van der Waals surface area contributed by atoms with E-state index in [2.05, 4.69) is 15.5 Å². The lowest BCUT2D eigenvalue weighted by atomic mass is 9.92. The first-order chi connectivity index (χ1) is 14.7. The molecular weight excluding hydrogens is 413 g/mol. The molecule has 7 nitrogen and oxygen atoms in total. The molecule has 0 saturated carbocycles. The number of likely N-dealkylation sites (tertiary alicyclic amines) is 1. The molecule has 1 aromatic rings. The molecule has 0 spiro atoms. The third-order valence-corrected chi connectivity index (χ3v) is 5.68. The van der Waals surface area contributed by atoms with Gasteiger partial charge in [-0.2, -0.15) is 10.2 Å². The SMILES string of the molecule is CCC(NC(=O)C(=O)N1CC[C@H](C(=O)Cc2cc(F)c(F)c(F)c2)[C@@H]1C)C1=CCN=N1. The van der Waals surface area contributed by atoms with Crippen molar-refractivity contribution in [2.75, 3.05) is 13.1 Å². The number of carbonyl (C=O) groups excluding carboxylic acids is 3. The molecule has 2 amide bonds. The molecule has 0 aromatic heterocycles. The van der Waals surface area contributed by atoms with Crippen LogP contribution in [0.25, 0.3) is 0 Å². The Balaban J connectivity index is 1.62. The van der Waals surface area contributed by atoms with Gasteiger partial charge in [0.2, 0.25) is 0 Å². The Morgan fingerprint density at radius 3 is 2.48 bits per heavy atom. The summed E-state index contributed by atoms with van der Waals surface area (Å²) >= 11 is 0. The second kappa shape index (κ2) is 9.40. The number of ketones is 1. The van der Waals surface area contributed by atoms with Crippen molar-refractivity contribution < 1.29 is 27.6 Å².